The summed E-state index contributed by atoms with van der Waals surface area (Å²) in [6.07, 6.45) is -0.761. The molecule has 1 aromatic carbocycles. The molecule has 2 nitrogen and oxygen atoms in total. The summed E-state index contributed by atoms with van der Waals surface area (Å²) in [5.74, 6) is 0. The van der Waals surface area contributed by atoms with E-state index in [1.54, 1.807) is 0 Å². The van der Waals surface area contributed by atoms with E-state index in [4.69, 9.17) is 0 Å². The predicted molar refractivity (Wildman–Crippen MR) is 73.8 cm³/mol. The van der Waals surface area contributed by atoms with Crippen LogP contribution in [0.1, 0.15) is 30.9 Å². The molecule has 0 bridgehead atoms. The van der Waals surface area contributed by atoms with Gasteiger partial charge < -0.3 is 10.2 Å². The van der Waals surface area contributed by atoms with Crippen molar-refractivity contribution in [3.05, 3.63) is 41.2 Å². The molecular weight excluding hydrogens is 272 g/mol. The van der Waals surface area contributed by atoms with Crippen LogP contribution in [0.15, 0.2) is 30.3 Å². The van der Waals surface area contributed by atoms with E-state index in [1.807, 2.05) is 30.3 Å². The Balaban J connectivity index is 0.00000220. The molecule has 1 heterocycles. The van der Waals surface area contributed by atoms with Crippen molar-refractivity contribution in [3.8, 4) is 0 Å². The molecule has 1 aliphatic rings. The van der Waals surface area contributed by atoms with Gasteiger partial charge in [-0.05, 0) is 39.0 Å². The van der Waals surface area contributed by atoms with Crippen LogP contribution in [0.4, 0.5) is 13.2 Å². The molecule has 112 valence electrons. The van der Waals surface area contributed by atoms with E-state index in [0.29, 0.717) is 6.54 Å². The van der Waals surface area contributed by atoms with Crippen LogP contribution < -0.4 is 18.9 Å². The van der Waals surface area contributed by atoms with Crippen molar-refractivity contribution in [2.45, 2.75) is 31.5 Å². The fraction of sp³-hybridized carbons (Fsp3) is 0.600. The van der Waals surface area contributed by atoms with Gasteiger partial charge in [0.05, 0.1) is 0 Å². The van der Waals surface area contributed by atoms with Crippen molar-refractivity contribution < 1.29 is 32.0 Å². The second kappa shape index (κ2) is 8.85. The molecule has 0 spiro atoms. The Labute approximate surface area is 136 Å². The molecule has 1 saturated heterocycles. The van der Waals surface area contributed by atoms with E-state index in [2.05, 4.69) is 10.2 Å². The largest absolute Gasteiger partial charge is 1.00 e. The van der Waals surface area contributed by atoms with Gasteiger partial charge in [-0.1, -0.05) is 48.4 Å². The summed E-state index contributed by atoms with van der Waals surface area (Å²) < 4.78 is 37.2. The summed E-state index contributed by atoms with van der Waals surface area (Å²) in [6.45, 7) is 1.44. The maximum absolute atomic E-state index is 12.4. The SMILES string of the molecule is FC(F)(F)C[N-]C(CN1CCCCC1)c1ccccc1.[Li+]. The first-order valence-electron chi connectivity index (χ1n) is 7.05. The molecule has 1 aliphatic heterocycles. The fourth-order valence-electron chi connectivity index (χ4n) is 2.54. The first-order chi connectivity index (χ1) is 9.54. The van der Waals surface area contributed by atoms with Gasteiger partial charge in [0.15, 0.2) is 0 Å². The Kier molecular flexibility index (Phi) is 7.82. The van der Waals surface area contributed by atoms with Crippen molar-refractivity contribution in [3.63, 3.8) is 0 Å². The van der Waals surface area contributed by atoms with E-state index in [0.717, 1.165) is 31.5 Å². The number of benzene rings is 1. The monoisotopic (exact) mass is 292 g/mol. The van der Waals surface area contributed by atoms with E-state index in [1.165, 1.54) is 6.42 Å². The van der Waals surface area contributed by atoms with E-state index in [9.17, 15) is 13.2 Å². The van der Waals surface area contributed by atoms with Gasteiger partial charge in [-0.3, -0.25) is 0 Å². The van der Waals surface area contributed by atoms with Gasteiger partial charge in [0.2, 0.25) is 0 Å². The Morgan fingerprint density at radius 1 is 1.05 bits per heavy atom. The van der Waals surface area contributed by atoms with Crippen LogP contribution in [-0.4, -0.2) is 37.3 Å². The molecular formula is C15H20F3LiN2. The van der Waals surface area contributed by atoms with Crippen LogP contribution in [0.25, 0.3) is 5.32 Å². The van der Waals surface area contributed by atoms with Gasteiger partial charge in [-0.15, -0.1) is 0 Å². The average molecular weight is 292 g/mol. The van der Waals surface area contributed by atoms with E-state index < -0.39 is 18.8 Å². The van der Waals surface area contributed by atoms with Crippen molar-refractivity contribution in [1.82, 2.24) is 4.90 Å². The maximum Gasteiger partial charge on any atom is 1.00 e. The Hall–Kier alpha value is -0.473. The van der Waals surface area contributed by atoms with Crippen molar-refractivity contribution >= 4 is 0 Å². The number of hydrogen-bond acceptors (Lipinski definition) is 1. The Bertz CT molecular complexity index is 392. The maximum atomic E-state index is 12.4. The molecule has 21 heavy (non-hydrogen) atoms. The zero-order valence-electron chi connectivity index (χ0n) is 12.4. The van der Waals surface area contributed by atoms with Crippen LogP contribution in [-0.2, 0) is 0 Å². The predicted octanol–water partition coefficient (Wildman–Crippen LogP) is 1.15. The summed E-state index contributed by atoms with van der Waals surface area (Å²) in [5, 5.41) is 3.89. The van der Waals surface area contributed by atoms with Crippen LogP contribution in [0.2, 0.25) is 0 Å². The second-order valence-electron chi connectivity index (χ2n) is 5.24. The fourth-order valence-corrected chi connectivity index (χ4v) is 2.54. The van der Waals surface area contributed by atoms with Gasteiger partial charge in [0, 0.05) is 0 Å². The van der Waals surface area contributed by atoms with Crippen LogP contribution >= 0.6 is 0 Å². The van der Waals surface area contributed by atoms with Crippen LogP contribution in [0, 0.1) is 0 Å². The number of piperidine rings is 1. The summed E-state index contributed by atoms with van der Waals surface area (Å²) in [7, 11) is 0. The average Bonchev–Trinajstić information content (AvgIpc) is 2.44. The minimum Gasteiger partial charge on any atom is -0.647 e. The molecule has 1 fully saturated rings. The zero-order valence-corrected chi connectivity index (χ0v) is 12.4. The molecule has 0 amide bonds. The quantitative estimate of drug-likeness (QED) is 0.744. The van der Waals surface area contributed by atoms with Crippen molar-refractivity contribution in [2.75, 3.05) is 26.2 Å². The first kappa shape index (κ1) is 18.6. The van der Waals surface area contributed by atoms with Gasteiger partial charge in [-0.25, -0.2) is 0 Å². The standard InChI is InChI=1S/C15H20F3N2.Li/c16-15(17,18)12-19-14(13-7-3-1-4-8-13)11-20-9-5-2-6-10-20;/h1,3-4,7-8,14H,2,5-6,9-12H2;/q-1;+1. The minimum atomic E-state index is -4.23. The van der Waals surface area contributed by atoms with Crippen molar-refractivity contribution in [2.24, 2.45) is 0 Å². The Morgan fingerprint density at radius 3 is 2.24 bits per heavy atom. The summed E-state index contributed by atoms with van der Waals surface area (Å²) in [4.78, 5) is 2.22. The third kappa shape index (κ3) is 6.88. The molecule has 1 unspecified atom stereocenters. The number of hydrogen-bond donors (Lipinski definition) is 0. The van der Waals surface area contributed by atoms with E-state index in [-0.39, 0.29) is 18.9 Å². The summed E-state index contributed by atoms with van der Waals surface area (Å²) in [6, 6.07) is 8.88. The molecule has 0 saturated carbocycles. The molecule has 0 radical (unpaired) electrons. The molecule has 0 aromatic heterocycles. The number of alkyl halides is 3. The third-order valence-electron chi connectivity index (χ3n) is 3.56. The van der Waals surface area contributed by atoms with Crippen LogP contribution in [0.5, 0.6) is 0 Å². The first-order valence-corrected chi connectivity index (χ1v) is 7.05. The number of rotatable bonds is 5. The third-order valence-corrected chi connectivity index (χ3v) is 3.56. The molecule has 6 heteroatoms. The number of likely N-dealkylation sites (tertiary alicyclic amines) is 1. The zero-order chi connectivity index (χ0) is 14.4. The second-order valence-corrected chi connectivity index (χ2v) is 5.24. The van der Waals surface area contributed by atoms with Crippen LogP contribution in [0.3, 0.4) is 0 Å². The van der Waals surface area contributed by atoms with Gasteiger partial charge in [0.25, 0.3) is 0 Å². The Morgan fingerprint density at radius 2 is 1.67 bits per heavy atom. The normalized spacial score (nSPS) is 18.0. The topological polar surface area (TPSA) is 17.3 Å². The van der Waals surface area contributed by atoms with Gasteiger partial charge in [-0.2, -0.15) is 13.2 Å². The van der Waals surface area contributed by atoms with E-state index >= 15 is 0 Å². The molecule has 0 aliphatic carbocycles. The number of nitrogens with zero attached hydrogens (tertiary/aromatic N) is 2. The summed E-state index contributed by atoms with van der Waals surface area (Å²) in [5.41, 5.74) is 0.863. The minimum absolute atomic E-state index is 0. The molecule has 2 rings (SSSR count). The molecule has 1 aromatic rings. The smallest absolute Gasteiger partial charge is 0.647 e. The van der Waals surface area contributed by atoms with Crippen molar-refractivity contribution in [1.29, 1.82) is 0 Å². The van der Waals surface area contributed by atoms with Gasteiger partial charge >= 0.3 is 25.0 Å². The number of halogens is 3. The molecule has 0 N–H and O–H groups in total. The van der Waals surface area contributed by atoms with Gasteiger partial charge in [0.1, 0.15) is 0 Å². The summed E-state index contributed by atoms with van der Waals surface area (Å²) >= 11 is 0. The molecule has 1 atom stereocenters.